The van der Waals surface area contributed by atoms with E-state index in [2.05, 4.69) is 24.0 Å². The molecule has 1 aromatic carbocycles. The molecular weight excluding hydrogens is 226 g/mol. The van der Waals surface area contributed by atoms with E-state index in [1.54, 1.807) is 0 Å². The van der Waals surface area contributed by atoms with Crippen LogP contribution in [0.3, 0.4) is 0 Å². The lowest BCUT2D eigenvalue weighted by atomic mass is 9.78. The minimum atomic E-state index is -0.593. The quantitative estimate of drug-likeness (QED) is 0.768. The molecule has 1 aromatic rings. The van der Waals surface area contributed by atoms with Gasteiger partial charge >= 0.3 is 5.97 Å². The number of carbonyl (C=O) groups is 1. The largest absolute Gasteiger partial charge is 0.469 e. The number of hydrogen-bond donors (Lipinski definition) is 0. The van der Waals surface area contributed by atoms with Gasteiger partial charge in [-0.1, -0.05) is 24.3 Å². The Morgan fingerprint density at radius 2 is 1.83 bits per heavy atom. The number of esters is 1. The van der Waals surface area contributed by atoms with Crippen LogP contribution in [0.2, 0.25) is 0 Å². The molecule has 1 rings (SSSR count). The van der Waals surface area contributed by atoms with Crippen LogP contribution < -0.4 is 0 Å². The first-order valence-electron chi connectivity index (χ1n) is 6.12. The molecule has 3 nitrogen and oxygen atoms in total. The van der Waals surface area contributed by atoms with Crippen LogP contribution in [-0.4, -0.2) is 32.1 Å². The van der Waals surface area contributed by atoms with Gasteiger partial charge < -0.3 is 9.64 Å². The molecule has 0 aliphatic carbocycles. The van der Waals surface area contributed by atoms with E-state index in [0.717, 1.165) is 5.56 Å². The third-order valence-corrected chi connectivity index (χ3v) is 3.39. The molecule has 0 bridgehead atoms. The lowest BCUT2D eigenvalue weighted by Gasteiger charge is -2.37. The number of nitrogens with zero attached hydrogens (tertiary/aromatic N) is 1. The number of hydrogen-bond acceptors (Lipinski definition) is 3. The molecule has 1 unspecified atom stereocenters. The second-order valence-corrected chi connectivity index (χ2v) is 5.44. The monoisotopic (exact) mass is 249 g/mol. The Morgan fingerprint density at radius 3 is 2.28 bits per heavy atom. The van der Waals surface area contributed by atoms with Crippen LogP contribution in [0.25, 0.3) is 0 Å². The zero-order valence-electron chi connectivity index (χ0n) is 12.2. The Balaban J connectivity index is 3.28. The molecular formula is C15H23NO2. The number of aryl methyl sites for hydroxylation is 1. The van der Waals surface area contributed by atoms with Gasteiger partial charge in [0.2, 0.25) is 0 Å². The molecule has 0 aliphatic heterocycles. The van der Waals surface area contributed by atoms with Crippen molar-refractivity contribution in [1.82, 2.24) is 4.90 Å². The summed E-state index contributed by atoms with van der Waals surface area (Å²) < 4.78 is 4.94. The molecule has 0 N–H and O–H groups in total. The van der Waals surface area contributed by atoms with E-state index in [-0.39, 0.29) is 12.0 Å². The smallest absolute Gasteiger partial charge is 0.313 e. The van der Waals surface area contributed by atoms with Crippen molar-refractivity contribution in [2.75, 3.05) is 21.2 Å². The van der Waals surface area contributed by atoms with Crippen molar-refractivity contribution in [3.8, 4) is 0 Å². The van der Waals surface area contributed by atoms with E-state index in [9.17, 15) is 4.79 Å². The van der Waals surface area contributed by atoms with Crippen molar-refractivity contribution in [3.63, 3.8) is 0 Å². The minimum absolute atomic E-state index is 0.00819. The van der Waals surface area contributed by atoms with E-state index in [0.29, 0.717) is 0 Å². The van der Waals surface area contributed by atoms with Gasteiger partial charge in [-0.05, 0) is 46.0 Å². The summed E-state index contributed by atoms with van der Waals surface area (Å²) in [7, 11) is 5.41. The Bertz CT molecular complexity index is 424. The number of carbonyl (C=O) groups excluding carboxylic acids is 1. The zero-order valence-corrected chi connectivity index (χ0v) is 12.2. The first-order valence-corrected chi connectivity index (χ1v) is 6.12. The number of benzene rings is 1. The first-order chi connectivity index (χ1) is 8.32. The standard InChI is InChI=1S/C15H23NO2/c1-11-9-7-8-10-12(11)13(16(4)5)15(2,3)14(17)18-6/h7-10,13H,1-6H3. The fourth-order valence-corrected chi connectivity index (χ4v) is 2.58. The van der Waals surface area contributed by atoms with Crippen molar-refractivity contribution in [3.05, 3.63) is 35.4 Å². The molecule has 0 fully saturated rings. The Hall–Kier alpha value is -1.35. The summed E-state index contributed by atoms with van der Waals surface area (Å²) in [4.78, 5) is 14.1. The highest BCUT2D eigenvalue weighted by atomic mass is 16.5. The fourth-order valence-electron chi connectivity index (χ4n) is 2.58. The minimum Gasteiger partial charge on any atom is -0.469 e. The summed E-state index contributed by atoms with van der Waals surface area (Å²) >= 11 is 0. The van der Waals surface area contributed by atoms with Gasteiger partial charge in [-0.2, -0.15) is 0 Å². The SMILES string of the molecule is COC(=O)C(C)(C)C(c1ccccc1C)N(C)C. The average molecular weight is 249 g/mol. The second-order valence-electron chi connectivity index (χ2n) is 5.44. The molecule has 0 aromatic heterocycles. The van der Waals surface area contributed by atoms with Crippen molar-refractivity contribution in [1.29, 1.82) is 0 Å². The molecule has 100 valence electrons. The van der Waals surface area contributed by atoms with Gasteiger partial charge in [0.25, 0.3) is 0 Å². The van der Waals surface area contributed by atoms with Gasteiger partial charge in [0.1, 0.15) is 0 Å². The third kappa shape index (κ3) is 2.72. The van der Waals surface area contributed by atoms with Crippen LogP contribution in [0.1, 0.15) is 31.0 Å². The van der Waals surface area contributed by atoms with E-state index in [4.69, 9.17) is 4.74 Å². The highest BCUT2D eigenvalue weighted by molar-refractivity contribution is 5.77. The molecule has 0 heterocycles. The maximum atomic E-state index is 12.0. The molecule has 18 heavy (non-hydrogen) atoms. The molecule has 0 saturated heterocycles. The Morgan fingerprint density at radius 1 is 1.28 bits per heavy atom. The van der Waals surface area contributed by atoms with Gasteiger partial charge in [0.15, 0.2) is 0 Å². The normalized spacial score (nSPS) is 13.5. The van der Waals surface area contributed by atoms with Crippen LogP contribution >= 0.6 is 0 Å². The van der Waals surface area contributed by atoms with E-state index in [1.807, 2.05) is 40.1 Å². The molecule has 0 saturated carbocycles. The summed E-state index contributed by atoms with van der Waals surface area (Å²) in [5, 5.41) is 0. The third-order valence-electron chi connectivity index (χ3n) is 3.39. The van der Waals surface area contributed by atoms with Crippen LogP contribution in [0, 0.1) is 12.3 Å². The second kappa shape index (κ2) is 5.53. The van der Waals surface area contributed by atoms with Gasteiger partial charge in [-0.25, -0.2) is 0 Å². The van der Waals surface area contributed by atoms with Crippen molar-refractivity contribution >= 4 is 5.97 Å². The van der Waals surface area contributed by atoms with Crippen molar-refractivity contribution in [2.24, 2.45) is 5.41 Å². The van der Waals surface area contributed by atoms with Crippen LogP contribution in [0.5, 0.6) is 0 Å². The van der Waals surface area contributed by atoms with Gasteiger partial charge in [0.05, 0.1) is 18.6 Å². The van der Waals surface area contributed by atoms with Gasteiger partial charge in [-0.15, -0.1) is 0 Å². The average Bonchev–Trinajstić information content (AvgIpc) is 2.30. The summed E-state index contributed by atoms with van der Waals surface area (Å²) in [5.41, 5.74) is 1.76. The molecule has 0 radical (unpaired) electrons. The summed E-state index contributed by atoms with van der Waals surface area (Å²) in [6, 6.07) is 8.15. The summed E-state index contributed by atoms with van der Waals surface area (Å²) in [6.07, 6.45) is 0. The Kier molecular flexibility index (Phi) is 4.52. The van der Waals surface area contributed by atoms with E-state index >= 15 is 0 Å². The lowest BCUT2D eigenvalue weighted by molar-refractivity contribution is -0.154. The Labute approximate surface area is 110 Å². The first kappa shape index (κ1) is 14.7. The predicted molar refractivity (Wildman–Crippen MR) is 73.4 cm³/mol. The molecule has 0 amide bonds. The maximum Gasteiger partial charge on any atom is 0.313 e. The molecule has 0 aliphatic rings. The number of methoxy groups -OCH3 is 1. The molecule has 3 heteroatoms. The maximum absolute atomic E-state index is 12.0. The molecule has 1 atom stereocenters. The number of rotatable bonds is 4. The van der Waals surface area contributed by atoms with Gasteiger partial charge in [-0.3, -0.25) is 4.79 Å². The lowest BCUT2D eigenvalue weighted by Crippen LogP contribution is -2.40. The fraction of sp³-hybridized carbons (Fsp3) is 0.533. The highest BCUT2D eigenvalue weighted by Crippen LogP contribution is 2.39. The van der Waals surface area contributed by atoms with Crippen LogP contribution in [0.4, 0.5) is 0 Å². The zero-order chi connectivity index (χ0) is 13.9. The highest BCUT2D eigenvalue weighted by Gasteiger charge is 2.40. The van der Waals surface area contributed by atoms with E-state index in [1.165, 1.54) is 12.7 Å². The van der Waals surface area contributed by atoms with Crippen molar-refractivity contribution in [2.45, 2.75) is 26.8 Å². The van der Waals surface area contributed by atoms with Gasteiger partial charge in [0, 0.05) is 0 Å². The summed E-state index contributed by atoms with van der Waals surface area (Å²) in [5.74, 6) is -0.190. The number of ether oxygens (including phenoxy) is 1. The topological polar surface area (TPSA) is 29.5 Å². The molecule has 0 spiro atoms. The van der Waals surface area contributed by atoms with Crippen molar-refractivity contribution < 1.29 is 9.53 Å². The van der Waals surface area contributed by atoms with Crippen LogP contribution in [0.15, 0.2) is 24.3 Å². The van der Waals surface area contributed by atoms with Crippen LogP contribution in [-0.2, 0) is 9.53 Å². The summed E-state index contributed by atoms with van der Waals surface area (Å²) in [6.45, 7) is 5.92. The van der Waals surface area contributed by atoms with E-state index < -0.39 is 5.41 Å². The predicted octanol–water partition coefficient (Wildman–Crippen LogP) is 2.80.